The predicted molar refractivity (Wildman–Crippen MR) is 78.3 cm³/mol. The number of rotatable bonds is 2. The van der Waals surface area contributed by atoms with Crippen LogP contribution in [-0.2, 0) is 19.3 Å². The molecule has 0 saturated carbocycles. The van der Waals surface area contributed by atoms with Crippen LogP contribution in [0.25, 0.3) is 0 Å². The van der Waals surface area contributed by atoms with Crippen molar-refractivity contribution in [2.45, 2.75) is 50.7 Å². The molecule has 0 aromatic heterocycles. The molecular formula is C13H20BNO4S. The van der Waals surface area contributed by atoms with Crippen LogP contribution < -0.4 is 10.6 Å². The summed E-state index contributed by atoms with van der Waals surface area (Å²) in [5.74, 6) is 0. The zero-order chi connectivity index (χ0) is 15.3. The third-order valence-electron chi connectivity index (χ3n) is 4.03. The fourth-order valence-corrected chi connectivity index (χ4v) is 3.23. The van der Waals surface area contributed by atoms with Crippen LogP contribution in [0, 0.1) is 6.92 Å². The quantitative estimate of drug-likeness (QED) is 0.824. The Balaban J connectivity index is 2.55. The third-order valence-corrected chi connectivity index (χ3v) is 5.16. The highest BCUT2D eigenvalue weighted by Gasteiger charge is 2.52. The molecule has 1 aromatic rings. The van der Waals surface area contributed by atoms with Gasteiger partial charge in [-0.3, -0.25) is 0 Å². The molecule has 1 aliphatic heterocycles. The number of hydrogen-bond donors (Lipinski definition) is 1. The molecule has 7 heteroatoms. The molecular weight excluding hydrogens is 277 g/mol. The average Bonchev–Trinajstić information content (AvgIpc) is 2.46. The molecule has 0 spiro atoms. The van der Waals surface area contributed by atoms with Crippen LogP contribution in [0.4, 0.5) is 0 Å². The zero-order valence-corrected chi connectivity index (χ0v) is 13.2. The van der Waals surface area contributed by atoms with Crippen molar-refractivity contribution in [3.63, 3.8) is 0 Å². The summed E-state index contributed by atoms with van der Waals surface area (Å²) in [7, 11) is -4.58. The predicted octanol–water partition coefficient (Wildman–Crippen LogP) is 0.942. The van der Waals surface area contributed by atoms with Crippen molar-refractivity contribution in [1.29, 1.82) is 0 Å². The van der Waals surface area contributed by atoms with Gasteiger partial charge in [-0.25, -0.2) is 13.6 Å². The highest BCUT2D eigenvalue weighted by atomic mass is 32.2. The molecule has 20 heavy (non-hydrogen) atoms. The maximum atomic E-state index is 11.8. The summed E-state index contributed by atoms with van der Waals surface area (Å²) < 4.78 is 35.4. The van der Waals surface area contributed by atoms with E-state index in [1.807, 2.05) is 27.7 Å². The lowest BCUT2D eigenvalue weighted by atomic mass is 9.78. The van der Waals surface area contributed by atoms with Gasteiger partial charge in [-0.15, -0.1) is 0 Å². The van der Waals surface area contributed by atoms with Gasteiger partial charge in [0.2, 0.25) is 10.0 Å². The first kappa shape index (κ1) is 15.5. The molecule has 1 fully saturated rings. The highest BCUT2D eigenvalue weighted by Crippen LogP contribution is 2.37. The molecule has 1 aliphatic rings. The van der Waals surface area contributed by atoms with E-state index >= 15 is 0 Å². The van der Waals surface area contributed by atoms with Gasteiger partial charge in [-0.05, 0) is 40.2 Å². The normalized spacial score (nSPS) is 21.2. The number of primary sulfonamides is 1. The fraction of sp³-hybridized carbons (Fsp3) is 0.538. The Morgan fingerprint density at radius 1 is 1.10 bits per heavy atom. The number of aryl methyl sites for hydroxylation is 1. The summed E-state index contributed by atoms with van der Waals surface area (Å²) in [5, 5.41) is 5.32. The van der Waals surface area contributed by atoms with E-state index in [0.29, 0.717) is 11.0 Å². The molecule has 1 saturated heterocycles. The minimum absolute atomic E-state index is 0.0819. The molecule has 0 unspecified atom stereocenters. The van der Waals surface area contributed by atoms with Gasteiger partial charge in [-0.1, -0.05) is 18.2 Å². The van der Waals surface area contributed by atoms with Gasteiger partial charge >= 0.3 is 7.12 Å². The number of hydrogen-bond acceptors (Lipinski definition) is 4. The lowest BCUT2D eigenvalue weighted by Crippen LogP contribution is -2.41. The summed E-state index contributed by atoms with van der Waals surface area (Å²) in [6.07, 6.45) is 0. The van der Waals surface area contributed by atoms with Gasteiger partial charge in [0.25, 0.3) is 0 Å². The first-order valence-corrected chi connectivity index (χ1v) is 7.98. The molecule has 5 nitrogen and oxygen atoms in total. The maximum Gasteiger partial charge on any atom is 0.496 e. The van der Waals surface area contributed by atoms with E-state index in [4.69, 9.17) is 14.4 Å². The van der Waals surface area contributed by atoms with Gasteiger partial charge in [-0.2, -0.15) is 0 Å². The second-order valence-electron chi connectivity index (χ2n) is 6.13. The largest absolute Gasteiger partial charge is 0.496 e. The van der Waals surface area contributed by atoms with E-state index in [9.17, 15) is 8.42 Å². The van der Waals surface area contributed by atoms with E-state index in [1.165, 1.54) is 0 Å². The van der Waals surface area contributed by atoms with E-state index in [0.717, 1.165) is 0 Å². The monoisotopic (exact) mass is 297 g/mol. The minimum Gasteiger partial charge on any atom is -0.399 e. The molecule has 0 radical (unpaired) electrons. The third kappa shape index (κ3) is 2.51. The molecule has 110 valence electrons. The Morgan fingerprint density at radius 3 is 2.05 bits per heavy atom. The van der Waals surface area contributed by atoms with Crippen LogP contribution in [0.15, 0.2) is 23.1 Å². The fourth-order valence-electron chi connectivity index (χ4n) is 2.22. The van der Waals surface area contributed by atoms with Crippen LogP contribution in [-0.4, -0.2) is 26.7 Å². The van der Waals surface area contributed by atoms with E-state index < -0.39 is 28.3 Å². The SMILES string of the molecule is Cc1cccc(B2OC(C)(C)C(C)(C)O2)c1S(N)(=O)=O. The second kappa shape index (κ2) is 4.56. The molecule has 0 aliphatic carbocycles. The Labute approximate surface area is 120 Å². The number of benzene rings is 1. The summed E-state index contributed by atoms with van der Waals surface area (Å²) in [6, 6.07) is 5.15. The lowest BCUT2D eigenvalue weighted by molar-refractivity contribution is 0.00578. The average molecular weight is 297 g/mol. The Morgan fingerprint density at radius 2 is 1.60 bits per heavy atom. The highest BCUT2D eigenvalue weighted by molar-refractivity contribution is 7.89. The first-order chi connectivity index (χ1) is 8.96. The summed E-state index contributed by atoms with van der Waals surface area (Å²) >= 11 is 0. The summed E-state index contributed by atoms with van der Waals surface area (Å²) in [4.78, 5) is 0.0819. The van der Waals surface area contributed by atoms with Gasteiger partial charge in [0.05, 0.1) is 16.1 Å². The van der Waals surface area contributed by atoms with Crippen molar-refractivity contribution in [1.82, 2.24) is 0 Å². The van der Waals surface area contributed by atoms with Gasteiger partial charge in [0.1, 0.15) is 0 Å². The zero-order valence-electron chi connectivity index (χ0n) is 12.4. The number of nitrogens with two attached hydrogens (primary N) is 1. The topological polar surface area (TPSA) is 78.6 Å². The second-order valence-corrected chi connectivity index (χ2v) is 7.62. The van der Waals surface area contributed by atoms with Crippen molar-refractivity contribution < 1.29 is 17.7 Å². The van der Waals surface area contributed by atoms with Crippen LogP contribution in [0.5, 0.6) is 0 Å². The van der Waals surface area contributed by atoms with E-state index in [1.54, 1.807) is 25.1 Å². The maximum absolute atomic E-state index is 11.8. The van der Waals surface area contributed by atoms with Crippen LogP contribution in [0.1, 0.15) is 33.3 Å². The molecule has 0 atom stereocenters. The van der Waals surface area contributed by atoms with Gasteiger partial charge < -0.3 is 9.31 Å². The molecule has 0 amide bonds. The van der Waals surface area contributed by atoms with E-state index in [2.05, 4.69) is 0 Å². The molecule has 2 N–H and O–H groups in total. The van der Waals surface area contributed by atoms with Crippen molar-refractivity contribution >= 4 is 22.6 Å². The number of sulfonamides is 1. The molecule has 2 rings (SSSR count). The Kier molecular flexibility index (Phi) is 3.53. The smallest absolute Gasteiger partial charge is 0.399 e. The molecule has 1 aromatic carbocycles. The van der Waals surface area contributed by atoms with Crippen molar-refractivity contribution in [3.8, 4) is 0 Å². The van der Waals surface area contributed by atoms with Gasteiger partial charge in [0.15, 0.2) is 0 Å². The van der Waals surface area contributed by atoms with Gasteiger partial charge in [0, 0.05) is 5.46 Å². The molecule has 0 bridgehead atoms. The van der Waals surface area contributed by atoms with E-state index in [-0.39, 0.29) is 4.90 Å². The van der Waals surface area contributed by atoms with Crippen molar-refractivity contribution in [2.75, 3.05) is 0 Å². The first-order valence-electron chi connectivity index (χ1n) is 6.44. The summed E-state index contributed by atoms with van der Waals surface area (Å²) in [5.41, 5.74) is -0.0282. The summed E-state index contributed by atoms with van der Waals surface area (Å²) in [6.45, 7) is 9.37. The van der Waals surface area contributed by atoms with Crippen molar-refractivity contribution in [2.24, 2.45) is 5.14 Å². The standard InChI is InChI=1S/C13H20BNO4S/c1-9-7-6-8-10(11(9)20(15,16)17)14-18-12(2,3)13(4,5)19-14/h6-8H,1-5H3,(H2,15,16,17). The minimum atomic E-state index is -3.84. The Bertz CT molecular complexity index is 624. The Hall–Kier alpha value is -0.885. The lowest BCUT2D eigenvalue weighted by Gasteiger charge is -2.32. The van der Waals surface area contributed by atoms with Crippen LogP contribution in [0.2, 0.25) is 0 Å². The van der Waals surface area contributed by atoms with Crippen LogP contribution in [0.3, 0.4) is 0 Å². The van der Waals surface area contributed by atoms with Crippen molar-refractivity contribution in [3.05, 3.63) is 23.8 Å². The molecule has 1 heterocycles. The van der Waals surface area contributed by atoms with Crippen LogP contribution >= 0.6 is 0 Å².